The minimum atomic E-state index is -0.775. The number of pyridine rings is 1. The van der Waals surface area contributed by atoms with E-state index in [2.05, 4.69) is 4.98 Å². The summed E-state index contributed by atoms with van der Waals surface area (Å²) in [7, 11) is 0. The summed E-state index contributed by atoms with van der Waals surface area (Å²) in [5, 5.41) is 8.64. The summed E-state index contributed by atoms with van der Waals surface area (Å²) >= 11 is 0. The van der Waals surface area contributed by atoms with Crippen molar-refractivity contribution in [3.05, 3.63) is 59.3 Å². The molecule has 0 atom stereocenters. The molecule has 0 saturated heterocycles. The maximum atomic E-state index is 10.5. The highest BCUT2D eigenvalue weighted by atomic mass is 16.5. The lowest BCUT2D eigenvalue weighted by Crippen LogP contribution is -1.99. The summed E-state index contributed by atoms with van der Waals surface area (Å²) in [4.78, 5) is 14.8. The van der Waals surface area contributed by atoms with Crippen molar-refractivity contribution in [1.29, 1.82) is 0 Å². The van der Waals surface area contributed by atoms with Gasteiger partial charge in [-0.3, -0.25) is 4.79 Å². The number of aryl methyl sites for hydroxylation is 2. The molecule has 4 heteroatoms. The van der Waals surface area contributed by atoms with Crippen LogP contribution >= 0.6 is 0 Å². The highest BCUT2D eigenvalue weighted by Crippen LogP contribution is 2.11. The summed E-state index contributed by atoms with van der Waals surface area (Å²) < 4.78 is 5.61. The summed E-state index contributed by atoms with van der Waals surface area (Å²) in [6.07, 6.45) is 0.707. The predicted octanol–water partition coefficient (Wildman–Crippen LogP) is 2.99. The molecule has 104 valence electrons. The van der Waals surface area contributed by atoms with E-state index in [0.29, 0.717) is 18.9 Å². The molecule has 0 spiro atoms. The van der Waals surface area contributed by atoms with E-state index in [0.717, 1.165) is 16.8 Å². The fraction of sp³-hybridized carbons (Fsp3) is 0.250. The van der Waals surface area contributed by atoms with E-state index in [9.17, 15) is 4.79 Å². The number of aromatic nitrogens is 1. The molecule has 0 aliphatic rings. The van der Waals surface area contributed by atoms with E-state index >= 15 is 0 Å². The first-order valence-electron chi connectivity index (χ1n) is 6.49. The molecule has 0 amide bonds. The minimum absolute atomic E-state index is 0.156. The van der Waals surface area contributed by atoms with Crippen molar-refractivity contribution >= 4 is 5.97 Å². The van der Waals surface area contributed by atoms with E-state index in [1.807, 2.05) is 49.4 Å². The number of carboxylic acid groups (broad SMARTS) is 1. The summed E-state index contributed by atoms with van der Waals surface area (Å²) in [6, 6.07) is 13.4. The molecule has 0 unspecified atom stereocenters. The second kappa shape index (κ2) is 6.70. The van der Waals surface area contributed by atoms with Crippen molar-refractivity contribution in [3.8, 4) is 5.88 Å². The third-order valence-corrected chi connectivity index (χ3v) is 2.90. The lowest BCUT2D eigenvalue weighted by Gasteiger charge is -2.06. The van der Waals surface area contributed by atoms with Crippen LogP contribution in [-0.4, -0.2) is 16.1 Å². The monoisotopic (exact) mass is 271 g/mol. The zero-order chi connectivity index (χ0) is 14.4. The Kier molecular flexibility index (Phi) is 4.71. The maximum Gasteiger partial charge on any atom is 0.303 e. The number of aliphatic carboxylic acids is 1. The van der Waals surface area contributed by atoms with Gasteiger partial charge in [-0.1, -0.05) is 30.3 Å². The summed E-state index contributed by atoms with van der Waals surface area (Å²) in [6.45, 7) is 2.37. The second-order valence-electron chi connectivity index (χ2n) is 4.62. The van der Waals surface area contributed by atoms with Crippen LogP contribution in [0.25, 0.3) is 0 Å². The lowest BCUT2D eigenvalue weighted by atomic mass is 10.1. The van der Waals surface area contributed by atoms with Crippen molar-refractivity contribution in [2.45, 2.75) is 26.4 Å². The molecule has 1 aromatic heterocycles. The Morgan fingerprint density at radius 1 is 1.15 bits per heavy atom. The number of rotatable bonds is 6. The summed E-state index contributed by atoms with van der Waals surface area (Å²) in [5.74, 6) is -0.164. The van der Waals surface area contributed by atoms with E-state index in [-0.39, 0.29) is 6.42 Å². The minimum Gasteiger partial charge on any atom is -0.481 e. The Hall–Kier alpha value is -2.36. The van der Waals surface area contributed by atoms with Crippen LogP contribution in [-0.2, 0) is 17.8 Å². The molecule has 1 aromatic carbocycles. The first-order chi connectivity index (χ1) is 9.63. The Labute approximate surface area is 118 Å². The average Bonchev–Trinajstić information content (AvgIpc) is 2.44. The number of nitrogens with zero attached hydrogens (tertiary/aromatic N) is 1. The van der Waals surface area contributed by atoms with E-state index in [1.54, 1.807) is 0 Å². The van der Waals surface area contributed by atoms with Crippen molar-refractivity contribution in [2.24, 2.45) is 0 Å². The SMILES string of the molecule is Cc1cccc(OCc2ccc(CCC(=O)O)cc2)n1. The molecule has 0 saturated carbocycles. The van der Waals surface area contributed by atoms with Crippen LogP contribution in [0.1, 0.15) is 23.2 Å². The van der Waals surface area contributed by atoms with Crippen molar-refractivity contribution in [1.82, 2.24) is 4.98 Å². The molecule has 2 aromatic rings. The lowest BCUT2D eigenvalue weighted by molar-refractivity contribution is -0.136. The second-order valence-corrected chi connectivity index (χ2v) is 4.62. The Morgan fingerprint density at radius 2 is 1.85 bits per heavy atom. The van der Waals surface area contributed by atoms with Gasteiger partial charge in [0.25, 0.3) is 0 Å². The van der Waals surface area contributed by atoms with E-state index in [1.165, 1.54) is 0 Å². The molecule has 2 rings (SSSR count). The standard InChI is InChI=1S/C16H17NO3/c1-12-3-2-4-15(17-12)20-11-14-7-5-13(6-8-14)9-10-16(18)19/h2-8H,9-11H2,1H3,(H,18,19). The maximum absolute atomic E-state index is 10.5. The van der Waals surface area contributed by atoms with Crippen LogP contribution in [0.5, 0.6) is 5.88 Å². The molecular formula is C16H17NO3. The van der Waals surface area contributed by atoms with Gasteiger partial charge in [0.2, 0.25) is 5.88 Å². The van der Waals surface area contributed by atoms with Gasteiger partial charge >= 0.3 is 5.97 Å². The molecule has 0 bridgehead atoms. The number of hydrogen-bond donors (Lipinski definition) is 1. The zero-order valence-corrected chi connectivity index (χ0v) is 11.4. The van der Waals surface area contributed by atoms with Gasteiger partial charge in [0.1, 0.15) is 6.61 Å². The number of carbonyl (C=O) groups is 1. The van der Waals surface area contributed by atoms with E-state index < -0.39 is 5.97 Å². The molecule has 1 heterocycles. The van der Waals surface area contributed by atoms with Gasteiger partial charge in [0, 0.05) is 18.2 Å². The highest BCUT2D eigenvalue weighted by Gasteiger charge is 2.01. The fourth-order valence-electron chi connectivity index (χ4n) is 1.81. The number of benzene rings is 1. The molecule has 0 aliphatic carbocycles. The van der Waals surface area contributed by atoms with Crippen LogP contribution in [0.4, 0.5) is 0 Å². The van der Waals surface area contributed by atoms with Crippen molar-refractivity contribution < 1.29 is 14.6 Å². The summed E-state index contributed by atoms with van der Waals surface area (Å²) in [5.41, 5.74) is 2.98. The van der Waals surface area contributed by atoms with Crippen LogP contribution in [0.3, 0.4) is 0 Å². The first-order valence-corrected chi connectivity index (χ1v) is 6.49. The van der Waals surface area contributed by atoms with Gasteiger partial charge < -0.3 is 9.84 Å². The van der Waals surface area contributed by atoms with Crippen LogP contribution in [0.15, 0.2) is 42.5 Å². The van der Waals surface area contributed by atoms with E-state index in [4.69, 9.17) is 9.84 Å². The Bertz CT molecular complexity index is 579. The fourth-order valence-corrected chi connectivity index (χ4v) is 1.81. The first kappa shape index (κ1) is 14.1. The Balaban J connectivity index is 1.89. The molecule has 20 heavy (non-hydrogen) atoms. The van der Waals surface area contributed by atoms with Gasteiger partial charge in [-0.15, -0.1) is 0 Å². The third-order valence-electron chi connectivity index (χ3n) is 2.90. The normalized spacial score (nSPS) is 10.2. The number of ether oxygens (including phenoxy) is 1. The van der Waals surface area contributed by atoms with Crippen molar-refractivity contribution in [2.75, 3.05) is 0 Å². The van der Waals surface area contributed by atoms with Gasteiger partial charge in [0.05, 0.1) is 0 Å². The molecule has 4 nitrogen and oxygen atoms in total. The number of carboxylic acids is 1. The van der Waals surface area contributed by atoms with Crippen LogP contribution in [0, 0.1) is 6.92 Å². The molecule has 0 aliphatic heterocycles. The topological polar surface area (TPSA) is 59.4 Å². The van der Waals surface area contributed by atoms with Crippen molar-refractivity contribution in [3.63, 3.8) is 0 Å². The largest absolute Gasteiger partial charge is 0.481 e. The molecular weight excluding hydrogens is 254 g/mol. The third kappa shape index (κ3) is 4.39. The quantitative estimate of drug-likeness (QED) is 0.877. The van der Waals surface area contributed by atoms with Crippen LogP contribution < -0.4 is 4.74 Å². The van der Waals surface area contributed by atoms with Gasteiger partial charge in [-0.25, -0.2) is 4.98 Å². The average molecular weight is 271 g/mol. The highest BCUT2D eigenvalue weighted by molar-refractivity contribution is 5.67. The molecule has 0 radical (unpaired) electrons. The zero-order valence-electron chi connectivity index (χ0n) is 11.4. The van der Waals surface area contributed by atoms with Gasteiger partial charge in [0.15, 0.2) is 0 Å². The smallest absolute Gasteiger partial charge is 0.303 e. The van der Waals surface area contributed by atoms with Gasteiger partial charge in [-0.2, -0.15) is 0 Å². The van der Waals surface area contributed by atoms with Gasteiger partial charge in [-0.05, 0) is 30.5 Å². The number of hydrogen-bond acceptors (Lipinski definition) is 3. The molecule has 0 fully saturated rings. The molecule has 1 N–H and O–H groups in total. The van der Waals surface area contributed by atoms with Crippen LogP contribution in [0.2, 0.25) is 0 Å². The Morgan fingerprint density at radius 3 is 2.50 bits per heavy atom. The predicted molar refractivity (Wildman–Crippen MR) is 75.7 cm³/mol.